The number of benzene rings is 1. The van der Waals surface area contributed by atoms with Gasteiger partial charge in [-0.15, -0.1) is 0 Å². The summed E-state index contributed by atoms with van der Waals surface area (Å²) >= 11 is 0. The highest BCUT2D eigenvalue weighted by Crippen LogP contribution is 2.17. The molecule has 0 heterocycles. The van der Waals surface area contributed by atoms with Gasteiger partial charge in [-0.25, -0.2) is 4.39 Å². The van der Waals surface area contributed by atoms with Crippen molar-refractivity contribution in [3.63, 3.8) is 0 Å². The van der Waals surface area contributed by atoms with Crippen molar-refractivity contribution in [1.29, 1.82) is 0 Å². The van der Waals surface area contributed by atoms with Gasteiger partial charge in [0, 0.05) is 6.04 Å². The largest absolute Gasteiger partial charge is 0.491 e. The fourth-order valence-electron chi connectivity index (χ4n) is 1.04. The lowest BCUT2D eigenvalue weighted by molar-refractivity contribution is 0.273. The van der Waals surface area contributed by atoms with E-state index < -0.39 is 6.67 Å². The maximum absolute atomic E-state index is 11.8. The molecule has 0 aliphatic heterocycles. The molecule has 0 bridgehead atoms. The summed E-state index contributed by atoms with van der Waals surface area (Å²) in [7, 11) is 0. The highest BCUT2D eigenvalue weighted by molar-refractivity contribution is 5.30. The molecule has 2 nitrogen and oxygen atoms in total. The Morgan fingerprint density at radius 2 is 2.31 bits per heavy atom. The number of nitrogens with two attached hydrogens (primary N) is 1. The number of hydrogen-bond donors (Lipinski definition) is 1. The van der Waals surface area contributed by atoms with Crippen LogP contribution >= 0.6 is 0 Å². The lowest BCUT2D eigenvalue weighted by Gasteiger charge is -2.08. The third-order valence-corrected chi connectivity index (χ3v) is 1.73. The second-order valence-corrected chi connectivity index (χ2v) is 2.90. The van der Waals surface area contributed by atoms with Crippen LogP contribution in [0.5, 0.6) is 5.75 Å². The minimum absolute atomic E-state index is 0.0195. The zero-order chi connectivity index (χ0) is 9.68. The van der Waals surface area contributed by atoms with Gasteiger partial charge in [0.2, 0.25) is 0 Å². The molecule has 1 aromatic carbocycles. The minimum atomic E-state index is -0.470. The average molecular weight is 183 g/mol. The van der Waals surface area contributed by atoms with Crippen molar-refractivity contribution >= 4 is 0 Å². The minimum Gasteiger partial charge on any atom is -0.491 e. The fourth-order valence-corrected chi connectivity index (χ4v) is 1.04. The van der Waals surface area contributed by atoms with Gasteiger partial charge in [0.05, 0.1) is 0 Å². The van der Waals surface area contributed by atoms with Crippen LogP contribution in [0.1, 0.15) is 18.5 Å². The van der Waals surface area contributed by atoms with Gasteiger partial charge in [0.15, 0.2) is 0 Å². The van der Waals surface area contributed by atoms with E-state index in [-0.39, 0.29) is 12.6 Å². The molecule has 72 valence electrons. The Labute approximate surface area is 77.5 Å². The van der Waals surface area contributed by atoms with Crippen LogP contribution in [-0.2, 0) is 0 Å². The Bertz CT molecular complexity index is 263. The van der Waals surface area contributed by atoms with E-state index in [2.05, 4.69) is 0 Å². The van der Waals surface area contributed by atoms with E-state index in [9.17, 15) is 4.39 Å². The second-order valence-electron chi connectivity index (χ2n) is 2.90. The van der Waals surface area contributed by atoms with Gasteiger partial charge in [-0.2, -0.15) is 0 Å². The monoisotopic (exact) mass is 183 g/mol. The maximum atomic E-state index is 11.8. The Morgan fingerprint density at radius 3 is 2.92 bits per heavy atom. The molecule has 0 radical (unpaired) electrons. The van der Waals surface area contributed by atoms with Crippen molar-refractivity contribution < 1.29 is 9.13 Å². The van der Waals surface area contributed by atoms with Gasteiger partial charge in [-0.3, -0.25) is 0 Å². The van der Waals surface area contributed by atoms with Crippen molar-refractivity contribution in [2.24, 2.45) is 5.73 Å². The average Bonchev–Trinajstić information content (AvgIpc) is 2.15. The summed E-state index contributed by atoms with van der Waals surface area (Å²) in [5.74, 6) is 0.674. The summed E-state index contributed by atoms with van der Waals surface area (Å²) in [4.78, 5) is 0. The number of rotatable bonds is 4. The van der Waals surface area contributed by atoms with Gasteiger partial charge >= 0.3 is 0 Å². The van der Waals surface area contributed by atoms with Crippen molar-refractivity contribution in [1.82, 2.24) is 0 Å². The van der Waals surface area contributed by atoms with Gasteiger partial charge in [0.25, 0.3) is 0 Å². The Morgan fingerprint density at radius 1 is 1.54 bits per heavy atom. The first-order valence-corrected chi connectivity index (χ1v) is 4.28. The van der Waals surface area contributed by atoms with E-state index in [1.54, 1.807) is 6.07 Å². The topological polar surface area (TPSA) is 35.2 Å². The molecule has 0 aliphatic rings. The number of alkyl halides is 1. The Kier molecular flexibility index (Phi) is 3.71. The molecule has 1 atom stereocenters. The molecular weight excluding hydrogens is 169 g/mol. The Balaban J connectivity index is 2.68. The molecule has 1 aromatic rings. The maximum Gasteiger partial charge on any atom is 0.123 e. The molecule has 2 N–H and O–H groups in total. The summed E-state index contributed by atoms with van der Waals surface area (Å²) in [5, 5.41) is 0. The summed E-state index contributed by atoms with van der Waals surface area (Å²) in [6.45, 7) is 1.53. The van der Waals surface area contributed by atoms with Crippen LogP contribution in [0.2, 0.25) is 0 Å². The first-order valence-electron chi connectivity index (χ1n) is 4.28. The number of ether oxygens (including phenoxy) is 1. The third kappa shape index (κ3) is 3.03. The van der Waals surface area contributed by atoms with Crippen LogP contribution in [-0.4, -0.2) is 13.3 Å². The van der Waals surface area contributed by atoms with E-state index in [4.69, 9.17) is 10.5 Å². The third-order valence-electron chi connectivity index (χ3n) is 1.73. The molecule has 1 unspecified atom stereocenters. The summed E-state index contributed by atoms with van der Waals surface area (Å²) < 4.78 is 16.9. The molecular formula is C10H14FNO. The molecule has 0 fully saturated rings. The molecule has 0 aliphatic carbocycles. The highest BCUT2D eigenvalue weighted by atomic mass is 19.1. The zero-order valence-corrected chi connectivity index (χ0v) is 7.66. The molecule has 0 aromatic heterocycles. The van der Waals surface area contributed by atoms with E-state index in [0.717, 1.165) is 5.56 Å². The molecule has 0 saturated carbocycles. The smallest absolute Gasteiger partial charge is 0.123 e. The van der Waals surface area contributed by atoms with Crippen LogP contribution in [0.4, 0.5) is 4.39 Å². The van der Waals surface area contributed by atoms with Crippen LogP contribution in [0.25, 0.3) is 0 Å². The van der Waals surface area contributed by atoms with E-state index in [1.807, 2.05) is 25.1 Å². The van der Waals surface area contributed by atoms with Gasteiger partial charge in [-0.1, -0.05) is 12.1 Å². The van der Waals surface area contributed by atoms with Gasteiger partial charge in [-0.05, 0) is 24.6 Å². The zero-order valence-electron chi connectivity index (χ0n) is 7.66. The summed E-state index contributed by atoms with van der Waals surface area (Å²) in [6, 6.07) is 7.38. The lowest BCUT2D eigenvalue weighted by Crippen LogP contribution is -2.05. The van der Waals surface area contributed by atoms with Crippen LogP contribution in [0, 0.1) is 0 Å². The molecule has 0 spiro atoms. The molecule has 13 heavy (non-hydrogen) atoms. The van der Waals surface area contributed by atoms with E-state index in [0.29, 0.717) is 5.75 Å². The van der Waals surface area contributed by atoms with Gasteiger partial charge < -0.3 is 10.5 Å². The quantitative estimate of drug-likeness (QED) is 0.775. The van der Waals surface area contributed by atoms with Crippen molar-refractivity contribution in [3.05, 3.63) is 29.8 Å². The van der Waals surface area contributed by atoms with Crippen LogP contribution < -0.4 is 10.5 Å². The van der Waals surface area contributed by atoms with Gasteiger partial charge in [0.1, 0.15) is 19.0 Å². The standard InChI is InChI=1S/C10H14FNO/c1-8(12)9-3-2-4-10(7-9)13-6-5-11/h2-4,7-8H,5-6,12H2,1H3. The molecule has 0 amide bonds. The van der Waals surface area contributed by atoms with Crippen LogP contribution in [0.3, 0.4) is 0 Å². The fraction of sp³-hybridized carbons (Fsp3) is 0.400. The SMILES string of the molecule is CC(N)c1cccc(OCCF)c1. The molecule has 3 heteroatoms. The summed E-state index contributed by atoms with van der Waals surface area (Å²) in [5.41, 5.74) is 6.68. The highest BCUT2D eigenvalue weighted by Gasteiger charge is 2.00. The van der Waals surface area contributed by atoms with E-state index >= 15 is 0 Å². The Hall–Kier alpha value is -1.09. The van der Waals surface area contributed by atoms with Crippen molar-refractivity contribution in [2.75, 3.05) is 13.3 Å². The summed E-state index contributed by atoms with van der Waals surface area (Å²) in [6.07, 6.45) is 0. The predicted molar refractivity (Wildman–Crippen MR) is 50.5 cm³/mol. The van der Waals surface area contributed by atoms with Crippen LogP contribution in [0.15, 0.2) is 24.3 Å². The number of halogens is 1. The second kappa shape index (κ2) is 4.82. The lowest BCUT2D eigenvalue weighted by atomic mass is 10.1. The van der Waals surface area contributed by atoms with Crippen molar-refractivity contribution in [2.45, 2.75) is 13.0 Å². The normalized spacial score (nSPS) is 12.5. The first kappa shape index (κ1) is 9.99. The molecule has 1 rings (SSSR count). The molecule has 0 saturated heterocycles. The number of hydrogen-bond acceptors (Lipinski definition) is 2. The first-order chi connectivity index (χ1) is 6.24. The van der Waals surface area contributed by atoms with Crippen molar-refractivity contribution in [3.8, 4) is 5.75 Å². The predicted octanol–water partition coefficient (Wildman–Crippen LogP) is 2.05. The van der Waals surface area contributed by atoms with E-state index in [1.165, 1.54) is 0 Å².